The van der Waals surface area contributed by atoms with Crippen LogP contribution in [0.3, 0.4) is 0 Å². The number of rotatable bonds is 3. The molecule has 0 bridgehead atoms. The van der Waals surface area contributed by atoms with Gasteiger partial charge in [0.25, 0.3) is 0 Å². The van der Waals surface area contributed by atoms with Crippen molar-refractivity contribution in [1.82, 2.24) is 0 Å². The normalized spacial score (nSPS) is 11.4. The van der Waals surface area contributed by atoms with Crippen LogP contribution in [0.15, 0.2) is 30.3 Å². The van der Waals surface area contributed by atoms with E-state index in [1.165, 1.54) is 0 Å². The molecule has 2 nitrogen and oxygen atoms in total. The van der Waals surface area contributed by atoms with Gasteiger partial charge in [-0.2, -0.15) is 0 Å². The minimum atomic E-state index is -0.364. The Morgan fingerprint density at radius 1 is 1.33 bits per heavy atom. The molecule has 12 heavy (non-hydrogen) atoms. The van der Waals surface area contributed by atoms with Crippen molar-refractivity contribution >= 4 is 6.29 Å². The minimum Gasteiger partial charge on any atom is -0.321 e. The third kappa shape index (κ3) is 3.67. The Morgan fingerprint density at radius 2 is 1.92 bits per heavy atom. The van der Waals surface area contributed by atoms with Crippen molar-refractivity contribution in [2.24, 2.45) is 5.73 Å². The maximum atomic E-state index is 10.2. The van der Waals surface area contributed by atoms with E-state index in [-0.39, 0.29) is 23.1 Å². The fraction of sp³-hybridized carbons (Fsp3) is 0.222. The molecule has 0 spiro atoms. The van der Waals surface area contributed by atoms with Crippen LogP contribution in [0.2, 0.25) is 0 Å². The van der Waals surface area contributed by atoms with E-state index < -0.39 is 0 Å². The monoisotopic (exact) mass is 212 g/mol. The number of aldehydes is 1. The van der Waals surface area contributed by atoms with Crippen LogP contribution in [0.25, 0.3) is 0 Å². The first-order valence-electron chi connectivity index (χ1n) is 3.57. The summed E-state index contributed by atoms with van der Waals surface area (Å²) in [7, 11) is 0. The van der Waals surface area contributed by atoms with Crippen LogP contribution in [-0.4, -0.2) is 12.3 Å². The average molecular weight is 213 g/mol. The first-order chi connectivity index (χ1) is 5.33. The number of benzene rings is 1. The summed E-state index contributed by atoms with van der Waals surface area (Å²) in [6.07, 6.45) is 1.40. The van der Waals surface area contributed by atoms with Gasteiger partial charge in [0.1, 0.15) is 6.29 Å². The summed E-state index contributed by atoms with van der Waals surface area (Å²) in [5.74, 6) is 0. The maximum absolute atomic E-state index is 10.2. The summed E-state index contributed by atoms with van der Waals surface area (Å²) in [6.45, 7) is 0. The molecule has 0 amide bonds. The second-order valence-corrected chi connectivity index (χ2v) is 2.49. The van der Waals surface area contributed by atoms with Gasteiger partial charge in [-0.1, -0.05) is 30.3 Å². The minimum absolute atomic E-state index is 0. The van der Waals surface area contributed by atoms with E-state index in [9.17, 15) is 4.79 Å². The van der Waals surface area contributed by atoms with Crippen LogP contribution in [-0.2, 0) is 28.3 Å². The summed E-state index contributed by atoms with van der Waals surface area (Å²) < 4.78 is 0. The number of carbonyl (C=O) groups is 1. The maximum Gasteiger partial charge on any atom is 0.137 e. The molecule has 1 radical (unpaired) electrons. The Morgan fingerprint density at radius 3 is 2.42 bits per heavy atom. The Bertz CT molecular complexity index is 225. The quantitative estimate of drug-likeness (QED) is 0.594. The van der Waals surface area contributed by atoms with Gasteiger partial charge in [0.05, 0.1) is 6.04 Å². The van der Waals surface area contributed by atoms with Crippen LogP contribution < -0.4 is 5.73 Å². The predicted octanol–water partition coefficient (Wildman–Crippen LogP) is 0.753. The largest absolute Gasteiger partial charge is 0.321 e. The second-order valence-electron chi connectivity index (χ2n) is 2.49. The Balaban J connectivity index is 0.00000121. The summed E-state index contributed by atoms with van der Waals surface area (Å²) in [5.41, 5.74) is 6.54. The van der Waals surface area contributed by atoms with Crippen molar-refractivity contribution in [3.63, 3.8) is 0 Å². The Labute approximate surface area is 82.6 Å². The van der Waals surface area contributed by atoms with Gasteiger partial charge in [-0.3, -0.25) is 0 Å². The summed E-state index contributed by atoms with van der Waals surface area (Å²) in [5, 5.41) is 0. The van der Waals surface area contributed by atoms with Gasteiger partial charge in [0.2, 0.25) is 0 Å². The van der Waals surface area contributed by atoms with Crippen molar-refractivity contribution in [2.75, 3.05) is 0 Å². The molecule has 0 aromatic heterocycles. The molecule has 0 unspecified atom stereocenters. The molecule has 2 N–H and O–H groups in total. The molecule has 0 fully saturated rings. The van der Waals surface area contributed by atoms with Crippen LogP contribution in [0.4, 0.5) is 0 Å². The molecule has 0 saturated heterocycles. The van der Waals surface area contributed by atoms with Crippen molar-refractivity contribution < 1.29 is 21.9 Å². The Kier molecular flexibility index (Phi) is 5.64. The molecule has 0 aliphatic rings. The van der Waals surface area contributed by atoms with Gasteiger partial charge in [0.15, 0.2) is 0 Å². The van der Waals surface area contributed by atoms with Crippen LogP contribution in [0.1, 0.15) is 5.56 Å². The summed E-state index contributed by atoms with van der Waals surface area (Å²) in [6, 6.07) is 9.37. The third-order valence-corrected chi connectivity index (χ3v) is 1.49. The van der Waals surface area contributed by atoms with E-state index >= 15 is 0 Å². The third-order valence-electron chi connectivity index (χ3n) is 1.49. The standard InChI is InChI=1S/C9H11NO.Cu/c10-9(7-11)6-8-4-2-1-3-5-8;/h1-5,7,9H,6,10H2;/t9-;/m0./s1. The van der Waals surface area contributed by atoms with E-state index in [2.05, 4.69) is 0 Å². The van der Waals surface area contributed by atoms with E-state index in [1.54, 1.807) is 0 Å². The van der Waals surface area contributed by atoms with Gasteiger partial charge < -0.3 is 10.5 Å². The molecule has 0 saturated carbocycles. The van der Waals surface area contributed by atoms with E-state index in [4.69, 9.17) is 5.73 Å². The number of carbonyl (C=O) groups excluding carboxylic acids is 1. The van der Waals surface area contributed by atoms with Crippen LogP contribution in [0, 0.1) is 0 Å². The molecule has 1 aromatic rings. The molecule has 3 heteroatoms. The predicted molar refractivity (Wildman–Crippen MR) is 44.2 cm³/mol. The first-order valence-corrected chi connectivity index (χ1v) is 3.57. The van der Waals surface area contributed by atoms with Crippen molar-refractivity contribution in [3.8, 4) is 0 Å². The van der Waals surface area contributed by atoms with Gasteiger partial charge in [-0.15, -0.1) is 0 Å². The molecule has 0 aliphatic heterocycles. The molecule has 1 aromatic carbocycles. The zero-order chi connectivity index (χ0) is 8.10. The molecular weight excluding hydrogens is 202 g/mol. The van der Waals surface area contributed by atoms with Crippen LogP contribution >= 0.6 is 0 Å². The van der Waals surface area contributed by atoms with Gasteiger partial charge in [-0.25, -0.2) is 0 Å². The second kappa shape index (κ2) is 5.95. The fourth-order valence-electron chi connectivity index (χ4n) is 0.934. The summed E-state index contributed by atoms with van der Waals surface area (Å²) >= 11 is 0. The van der Waals surface area contributed by atoms with E-state index in [1.807, 2.05) is 30.3 Å². The number of hydrogen-bond acceptors (Lipinski definition) is 2. The zero-order valence-corrected chi connectivity index (χ0v) is 7.48. The fourth-order valence-corrected chi connectivity index (χ4v) is 0.934. The van der Waals surface area contributed by atoms with Gasteiger partial charge >= 0.3 is 0 Å². The number of nitrogens with two attached hydrogens (primary N) is 1. The molecule has 69 valence electrons. The SMILES string of the molecule is N[C@H](C=O)Cc1ccccc1.[Cu]. The van der Waals surface area contributed by atoms with Crippen molar-refractivity contribution in [3.05, 3.63) is 35.9 Å². The average Bonchev–Trinajstić information content (AvgIpc) is 2.06. The first kappa shape index (κ1) is 11.4. The Hall–Kier alpha value is -0.631. The summed E-state index contributed by atoms with van der Waals surface area (Å²) in [4.78, 5) is 10.2. The van der Waals surface area contributed by atoms with Crippen molar-refractivity contribution in [1.29, 1.82) is 0 Å². The molecule has 1 atom stereocenters. The number of hydrogen-bond donors (Lipinski definition) is 1. The zero-order valence-electron chi connectivity index (χ0n) is 6.54. The molecule has 1 rings (SSSR count). The van der Waals surface area contributed by atoms with Crippen molar-refractivity contribution in [2.45, 2.75) is 12.5 Å². The molecule has 0 heterocycles. The van der Waals surface area contributed by atoms with Gasteiger partial charge in [-0.05, 0) is 12.0 Å². The van der Waals surface area contributed by atoms with Crippen LogP contribution in [0.5, 0.6) is 0 Å². The topological polar surface area (TPSA) is 43.1 Å². The van der Waals surface area contributed by atoms with E-state index in [0.29, 0.717) is 6.42 Å². The smallest absolute Gasteiger partial charge is 0.137 e. The van der Waals surface area contributed by atoms with E-state index in [0.717, 1.165) is 11.8 Å². The van der Waals surface area contributed by atoms with Gasteiger partial charge in [0, 0.05) is 17.1 Å². The molecule has 0 aliphatic carbocycles. The molecular formula is C9H11CuNO.